The lowest BCUT2D eigenvalue weighted by molar-refractivity contribution is 0.118. The van der Waals surface area contributed by atoms with Crippen molar-refractivity contribution in [1.82, 2.24) is 0 Å². The molecule has 6 heteroatoms. The van der Waals surface area contributed by atoms with E-state index in [-0.39, 0.29) is 30.1 Å². The first-order valence-electron chi connectivity index (χ1n) is 10.6. The Morgan fingerprint density at radius 3 is 2.65 bits per heavy atom. The predicted molar refractivity (Wildman–Crippen MR) is 121 cm³/mol. The van der Waals surface area contributed by atoms with Crippen LogP contribution in [0.25, 0.3) is 11.6 Å². The average molecular weight is 443 g/mol. The summed E-state index contributed by atoms with van der Waals surface area (Å²) in [6, 6.07) is 14.2. The van der Waals surface area contributed by atoms with E-state index in [2.05, 4.69) is 0 Å². The standard InChI is InChI=1S/C25H27FO4S/c1-16(2)20-15-31(28,29)24-14-30-23(25(20)24)11-9-19(18-6-4-3-5-7-18)12-17-8-10-22(27)21(26)13-17/h3-8,10,12-13,16,23-24,27H,9,11,14-15H2,1-2H3/b19-12-/t23-,24+/m1/s1. The van der Waals surface area contributed by atoms with Gasteiger partial charge in [0, 0.05) is 0 Å². The number of rotatable bonds is 6. The molecule has 0 aliphatic carbocycles. The number of aromatic hydroxyl groups is 1. The van der Waals surface area contributed by atoms with Crippen LogP contribution in [0, 0.1) is 11.7 Å². The number of benzene rings is 2. The topological polar surface area (TPSA) is 63.6 Å². The van der Waals surface area contributed by atoms with Crippen LogP contribution in [0.2, 0.25) is 0 Å². The van der Waals surface area contributed by atoms with E-state index in [4.69, 9.17) is 4.74 Å². The number of sulfone groups is 1. The van der Waals surface area contributed by atoms with Gasteiger partial charge in [0.25, 0.3) is 0 Å². The van der Waals surface area contributed by atoms with Gasteiger partial charge >= 0.3 is 0 Å². The van der Waals surface area contributed by atoms with Gasteiger partial charge < -0.3 is 9.84 Å². The minimum atomic E-state index is -3.18. The second-order valence-corrected chi connectivity index (χ2v) is 10.7. The number of hydrogen-bond donors (Lipinski definition) is 1. The van der Waals surface area contributed by atoms with Crippen molar-refractivity contribution in [2.75, 3.05) is 12.4 Å². The monoisotopic (exact) mass is 442 g/mol. The molecule has 2 aliphatic rings. The highest BCUT2D eigenvalue weighted by atomic mass is 32.2. The summed E-state index contributed by atoms with van der Waals surface area (Å²) >= 11 is 0. The molecule has 4 rings (SSSR count). The number of phenols is 1. The molecule has 1 fully saturated rings. The summed E-state index contributed by atoms with van der Waals surface area (Å²) in [4.78, 5) is 0. The van der Waals surface area contributed by atoms with Gasteiger partial charge in [-0.15, -0.1) is 0 Å². The van der Waals surface area contributed by atoms with E-state index in [0.717, 1.165) is 22.3 Å². The third kappa shape index (κ3) is 4.46. The molecule has 2 aromatic rings. The van der Waals surface area contributed by atoms with E-state index in [1.165, 1.54) is 12.1 Å². The number of phenolic OH excluding ortho intramolecular Hbond substituents is 1. The lowest BCUT2D eigenvalue weighted by Crippen LogP contribution is -2.19. The Bertz CT molecular complexity index is 1130. The van der Waals surface area contributed by atoms with E-state index in [1.54, 1.807) is 6.07 Å². The molecule has 2 atom stereocenters. The Morgan fingerprint density at radius 1 is 1.23 bits per heavy atom. The van der Waals surface area contributed by atoms with Gasteiger partial charge in [-0.05, 0) is 58.7 Å². The van der Waals surface area contributed by atoms with E-state index < -0.39 is 20.9 Å². The number of ether oxygens (including phenoxy) is 1. The Labute approximate surface area is 183 Å². The fraction of sp³-hybridized carbons (Fsp3) is 0.360. The van der Waals surface area contributed by atoms with Crippen LogP contribution < -0.4 is 0 Å². The van der Waals surface area contributed by atoms with Crippen LogP contribution in [0.4, 0.5) is 4.39 Å². The quantitative estimate of drug-likeness (QED) is 0.505. The highest BCUT2D eigenvalue weighted by Gasteiger charge is 2.47. The van der Waals surface area contributed by atoms with Crippen LogP contribution in [-0.4, -0.2) is 37.2 Å². The molecule has 4 nitrogen and oxygen atoms in total. The van der Waals surface area contributed by atoms with E-state index in [1.807, 2.05) is 50.3 Å². The van der Waals surface area contributed by atoms with Crippen molar-refractivity contribution in [2.24, 2.45) is 5.92 Å². The van der Waals surface area contributed by atoms with E-state index >= 15 is 0 Å². The zero-order valence-corrected chi connectivity index (χ0v) is 18.5. The molecule has 0 bridgehead atoms. The van der Waals surface area contributed by atoms with Crippen molar-refractivity contribution in [3.63, 3.8) is 0 Å². The van der Waals surface area contributed by atoms with Crippen molar-refractivity contribution in [2.45, 2.75) is 38.0 Å². The molecule has 0 spiro atoms. The first-order chi connectivity index (χ1) is 14.8. The SMILES string of the molecule is CC(C)C1=C2[C@@H](CC/C(=C/c3ccc(O)c(F)c3)c3ccccc3)OC[C@@H]2S(=O)(=O)C1. The molecule has 0 unspecified atom stereocenters. The smallest absolute Gasteiger partial charge is 0.165 e. The molecule has 1 saturated heterocycles. The van der Waals surface area contributed by atoms with Crippen LogP contribution in [0.5, 0.6) is 5.75 Å². The third-order valence-corrected chi connectivity index (χ3v) is 8.10. The largest absolute Gasteiger partial charge is 0.505 e. The van der Waals surface area contributed by atoms with Gasteiger partial charge in [-0.1, -0.05) is 56.3 Å². The first kappa shape index (κ1) is 21.8. The van der Waals surface area contributed by atoms with Gasteiger partial charge in [0.1, 0.15) is 5.25 Å². The number of fused-ring (bicyclic) bond motifs is 1. The molecule has 164 valence electrons. The van der Waals surface area contributed by atoms with Crippen molar-refractivity contribution >= 4 is 21.5 Å². The minimum absolute atomic E-state index is 0.138. The molecule has 1 N–H and O–H groups in total. The molecule has 0 amide bonds. The van der Waals surface area contributed by atoms with Crippen molar-refractivity contribution in [3.05, 3.63) is 76.6 Å². The minimum Gasteiger partial charge on any atom is -0.505 e. The van der Waals surface area contributed by atoms with Crippen LogP contribution in [-0.2, 0) is 14.6 Å². The van der Waals surface area contributed by atoms with Gasteiger partial charge in [-0.25, -0.2) is 12.8 Å². The summed E-state index contributed by atoms with van der Waals surface area (Å²) in [7, 11) is -3.18. The zero-order chi connectivity index (χ0) is 22.2. The number of hydrogen-bond acceptors (Lipinski definition) is 4. The maximum atomic E-state index is 13.8. The first-order valence-corrected chi connectivity index (χ1v) is 12.3. The Hall–Kier alpha value is -2.44. The Morgan fingerprint density at radius 2 is 1.97 bits per heavy atom. The molecule has 31 heavy (non-hydrogen) atoms. The molecular weight excluding hydrogens is 415 g/mol. The zero-order valence-electron chi connectivity index (χ0n) is 17.7. The van der Waals surface area contributed by atoms with Crippen LogP contribution in [0.15, 0.2) is 59.7 Å². The highest BCUT2D eigenvalue weighted by molar-refractivity contribution is 7.92. The van der Waals surface area contributed by atoms with Gasteiger partial charge in [0.15, 0.2) is 21.4 Å². The molecule has 2 aliphatic heterocycles. The number of halogens is 1. The predicted octanol–water partition coefficient (Wildman–Crippen LogP) is 5.00. The van der Waals surface area contributed by atoms with Gasteiger partial charge in [0.2, 0.25) is 0 Å². The maximum absolute atomic E-state index is 13.8. The molecular formula is C25H27FO4S. The molecule has 2 heterocycles. The van der Waals surface area contributed by atoms with Crippen LogP contribution in [0.3, 0.4) is 0 Å². The van der Waals surface area contributed by atoms with Crippen molar-refractivity contribution in [1.29, 1.82) is 0 Å². The van der Waals surface area contributed by atoms with E-state index in [0.29, 0.717) is 18.4 Å². The maximum Gasteiger partial charge on any atom is 0.165 e. The third-order valence-electron chi connectivity index (χ3n) is 6.13. The molecule has 0 radical (unpaired) electrons. The Balaban J connectivity index is 1.62. The molecule has 0 saturated carbocycles. The molecule has 2 aromatic carbocycles. The van der Waals surface area contributed by atoms with Crippen LogP contribution in [0.1, 0.15) is 37.8 Å². The second-order valence-electron chi connectivity index (χ2n) is 8.54. The van der Waals surface area contributed by atoms with Crippen LogP contribution >= 0.6 is 0 Å². The lowest BCUT2D eigenvalue weighted by Gasteiger charge is -2.17. The number of allylic oxidation sites excluding steroid dienone is 1. The summed E-state index contributed by atoms with van der Waals surface area (Å²) in [5.41, 5.74) is 4.63. The van der Waals surface area contributed by atoms with Gasteiger partial charge in [-0.3, -0.25) is 0 Å². The summed E-state index contributed by atoms with van der Waals surface area (Å²) < 4.78 is 44.9. The van der Waals surface area contributed by atoms with Crippen molar-refractivity contribution < 1.29 is 22.7 Å². The fourth-order valence-corrected chi connectivity index (χ4v) is 6.60. The van der Waals surface area contributed by atoms with Crippen molar-refractivity contribution in [3.8, 4) is 5.75 Å². The molecule has 0 aromatic heterocycles. The highest BCUT2D eigenvalue weighted by Crippen LogP contribution is 2.41. The van der Waals surface area contributed by atoms with Gasteiger partial charge in [-0.2, -0.15) is 0 Å². The second kappa shape index (κ2) is 8.60. The normalized spacial score (nSPS) is 22.9. The lowest BCUT2D eigenvalue weighted by atomic mass is 9.90. The van der Waals surface area contributed by atoms with E-state index in [9.17, 15) is 17.9 Å². The summed E-state index contributed by atoms with van der Waals surface area (Å²) in [5.74, 6) is -0.730. The summed E-state index contributed by atoms with van der Waals surface area (Å²) in [5, 5.41) is 8.97. The summed E-state index contributed by atoms with van der Waals surface area (Å²) in [6.07, 6.45) is 2.99. The Kier molecular flexibility index (Phi) is 6.04. The van der Waals surface area contributed by atoms with Gasteiger partial charge in [0.05, 0.1) is 18.5 Å². The summed E-state index contributed by atoms with van der Waals surface area (Å²) in [6.45, 7) is 4.29. The average Bonchev–Trinajstić information content (AvgIpc) is 3.28. The fourth-order valence-electron chi connectivity index (χ4n) is 4.49.